The first-order valence-electron chi connectivity index (χ1n) is 4.97. The molecule has 14 heavy (non-hydrogen) atoms. The second-order valence-electron chi connectivity index (χ2n) is 3.31. The van der Waals surface area contributed by atoms with E-state index in [1.807, 2.05) is 6.92 Å². The summed E-state index contributed by atoms with van der Waals surface area (Å²) >= 11 is 0. The van der Waals surface area contributed by atoms with Gasteiger partial charge in [-0.3, -0.25) is 0 Å². The quantitative estimate of drug-likeness (QED) is 0.530. The molecule has 1 heterocycles. The van der Waals surface area contributed by atoms with Crippen LogP contribution in [0.5, 0.6) is 0 Å². The molecule has 1 rings (SSSR count). The van der Waals surface area contributed by atoms with E-state index in [-0.39, 0.29) is 0 Å². The standard InChI is InChI=1S/C11H17N3/c1-3-4-5-6-7-12-8-11-10(2)13-9-14-11/h1,9,12H,4-8H2,2H3,(H,13,14). The Morgan fingerprint density at radius 2 is 2.43 bits per heavy atom. The molecular weight excluding hydrogens is 174 g/mol. The molecule has 0 aliphatic rings. The molecule has 0 unspecified atom stereocenters. The van der Waals surface area contributed by atoms with E-state index in [1.54, 1.807) is 6.33 Å². The lowest BCUT2D eigenvalue weighted by Gasteiger charge is -2.01. The van der Waals surface area contributed by atoms with Crippen molar-refractivity contribution in [2.24, 2.45) is 0 Å². The van der Waals surface area contributed by atoms with Gasteiger partial charge in [-0.2, -0.15) is 0 Å². The average molecular weight is 191 g/mol. The van der Waals surface area contributed by atoms with Crippen LogP contribution in [-0.2, 0) is 6.54 Å². The third-order valence-corrected chi connectivity index (χ3v) is 2.15. The summed E-state index contributed by atoms with van der Waals surface area (Å²) in [7, 11) is 0. The number of aryl methyl sites for hydroxylation is 1. The summed E-state index contributed by atoms with van der Waals surface area (Å²) in [5.41, 5.74) is 2.24. The van der Waals surface area contributed by atoms with Gasteiger partial charge in [0.2, 0.25) is 0 Å². The molecule has 0 atom stereocenters. The number of nitrogens with one attached hydrogen (secondary N) is 2. The van der Waals surface area contributed by atoms with Crippen molar-refractivity contribution in [3.63, 3.8) is 0 Å². The van der Waals surface area contributed by atoms with Crippen LogP contribution in [0.3, 0.4) is 0 Å². The Labute approximate surface area is 85.3 Å². The van der Waals surface area contributed by atoms with Gasteiger partial charge in [-0.1, -0.05) is 0 Å². The maximum atomic E-state index is 5.16. The molecule has 1 aromatic heterocycles. The van der Waals surface area contributed by atoms with Crippen LogP contribution < -0.4 is 5.32 Å². The zero-order chi connectivity index (χ0) is 10.2. The molecule has 0 amide bonds. The Hall–Kier alpha value is -1.27. The van der Waals surface area contributed by atoms with Gasteiger partial charge in [0.1, 0.15) is 0 Å². The maximum absolute atomic E-state index is 5.16. The van der Waals surface area contributed by atoms with Crippen LogP contribution >= 0.6 is 0 Å². The van der Waals surface area contributed by atoms with Crippen LogP contribution in [0.15, 0.2) is 6.33 Å². The summed E-state index contributed by atoms with van der Waals surface area (Å²) in [4.78, 5) is 7.25. The van der Waals surface area contributed by atoms with E-state index in [0.717, 1.165) is 43.7 Å². The fraction of sp³-hybridized carbons (Fsp3) is 0.545. The number of nitrogens with zero attached hydrogens (tertiary/aromatic N) is 1. The minimum absolute atomic E-state index is 0.839. The van der Waals surface area contributed by atoms with Crippen molar-refractivity contribution in [3.05, 3.63) is 17.7 Å². The smallest absolute Gasteiger partial charge is 0.0925 e. The van der Waals surface area contributed by atoms with Gasteiger partial charge in [0.15, 0.2) is 0 Å². The van der Waals surface area contributed by atoms with Gasteiger partial charge in [-0.15, -0.1) is 12.3 Å². The third-order valence-electron chi connectivity index (χ3n) is 2.15. The number of rotatable bonds is 6. The lowest BCUT2D eigenvalue weighted by molar-refractivity contribution is 0.622. The number of hydrogen-bond donors (Lipinski definition) is 2. The van der Waals surface area contributed by atoms with E-state index in [9.17, 15) is 0 Å². The zero-order valence-corrected chi connectivity index (χ0v) is 8.64. The predicted molar refractivity (Wildman–Crippen MR) is 57.7 cm³/mol. The van der Waals surface area contributed by atoms with E-state index in [0.29, 0.717) is 0 Å². The van der Waals surface area contributed by atoms with Gasteiger partial charge in [0, 0.05) is 18.7 Å². The monoisotopic (exact) mass is 191 g/mol. The normalized spacial score (nSPS) is 10.0. The Bertz CT molecular complexity index is 296. The number of H-pyrrole nitrogens is 1. The SMILES string of the molecule is C#CCCCCNCc1nc[nH]c1C. The number of aromatic nitrogens is 2. The summed E-state index contributed by atoms with van der Waals surface area (Å²) in [6.07, 6.45) is 9.99. The topological polar surface area (TPSA) is 40.7 Å². The summed E-state index contributed by atoms with van der Waals surface area (Å²) in [6.45, 7) is 3.88. The average Bonchev–Trinajstić information content (AvgIpc) is 2.58. The Morgan fingerprint density at radius 3 is 3.07 bits per heavy atom. The molecule has 0 bridgehead atoms. The number of terminal acetylenes is 1. The van der Waals surface area contributed by atoms with Crippen molar-refractivity contribution in [1.82, 2.24) is 15.3 Å². The van der Waals surface area contributed by atoms with Gasteiger partial charge in [0.25, 0.3) is 0 Å². The van der Waals surface area contributed by atoms with Crippen molar-refractivity contribution < 1.29 is 0 Å². The Balaban J connectivity index is 2.05. The van der Waals surface area contributed by atoms with Gasteiger partial charge in [-0.05, 0) is 26.3 Å². The van der Waals surface area contributed by atoms with Gasteiger partial charge < -0.3 is 10.3 Å². The highest BCUT2D eigenvalue weighted by Crippen LogP contribution is 1.99. The molecular formula is C11H17N3. The Morgan fingerprint density at radius 1 is 1.57 bits per heavy atom. The van der Waals surface area contributed by atoms with E-state index < -0.39 is 0 Å². The first-order chi connectivity index (χ1) is 6.84. The molecule has 0 saturated carbocycles. The van der Waals surface area contributed by atoms with Crippen molar-refractivity contribution in [2.75, 3.05) is 6.54 Å². The summed E-state index contributed by atoms with van der Waals surface area (Å²) in [6, 6.07) is 0. The predicted octanol–water partition coefficient (Wildman–Crippen LogP) is 1.61. The number of unbranched alkanes of at least 4 members (excludes halogenated alkanes) is 2. The van der Waals surface area contributed by atoms with Gasteiger partial charge >= 0.3 is 0 Å². The zero-order valence-electron chi connectivity index (χ0n) is 8.64. The summed E-state index contributed by atoms with van der Waals surface area (Å²) in [5, 5.41) is 3.34. The van der Waals surface area contributed by atoms with Crippen LogP contribution in [0.2, 0.25) is 0 Å². The molecule has 3 nitrogen and oxygen atoms in total. The van der Waals surface area contributed by atoms with Crippen LogP contribution in [0, 0.1) is 19.3 Å². The molecule has 3 heteroatoms. The molecule has 0 saturated heterocycles. The first-order valence-corrected chi connectivity index (χ1v) is 4.97. The van der Waals surface area contributed by atoms with Gasteiger partial charge in [-0.25, -0.2) is 4.98 Å². The van der Waals surface area contributed by atoms with Crippen molar-refractivity contribution in [3.8, 4) is 12.3 Å². The van der Waals surface area contributed by atoms with E-state index >= 15 is 0 Å². The second-order valence-corrected chi connectivity index (χ2v) is 3.31. The van der Waals surface area contributed by atoms with E-state index in [2.05, 4.69) is 21.2 Å². The van der Waals surface area contributed by atoms with Crippen LogP contribution in [0.4, 0.5) is 0 Å². The first kappa shape index (κ1) is 10.8. The fourth-order valence-electron chi connectivity index (χ4n) is 1.25. The second kappa shape index (κ2) is 6.22. The lowest BCUT2D eigenvalue weighted by Crippen LogP contribution is -2.15. The molecule has 0 radical (unpaired) electrons. The third kappa shape index (κ3) is 3.63. The molecule has 0 aliphatic heterocycles. The van der Waals surface area contributed by atoms with Crippen molar-refractivity contribution in [2.45, 2.75) is 32.7 Å². The molecule has 76 valence electrons. The minimum atomic E-state index is 0.839. The largest absolute Gasteiger partial charge is 0.348 e. The number of aromatic amines is 1. The molecule has 0 spiro atoms. The van der Waals surface area contributed by atoms with Crippen LogP contribution in [0.25, 0.3) is 0 Å². The highest BCUT2D eigenvalue weighted by molar-refractivity contribution is 5.07. The summed E-state index contributed by atoms with van der Waals surface area (Å²) in [5.74, 6) is 2.64. The van der Waals surface area contributed by atoms with Crippen LogP contribution in [-0.4, -0.2) is 16.5 Å². The fourth-order valence-corrected chi connectivity index (χ4v) is 1.25. The molecule has 1 aromatic rings. The maximum Gasteiger partial charge on any atom is 0.0925 e. The van der Waals surface area contributed by atoms with Crippen molar-refractivity contribution in [1.29, 1.82) is 0 Å². The molecule has 0 aromatic carbocycles. The van der Waals surface area contributed by atoms with Gasteiger partial charge in [0.05, 0.1) is 12.0 Å². The number of imidazole rings is 1. The van der Waals surface area contributed by atoms with Crippen LogP contribution in [0.1, 0.15) is 30.7 Å². The highest BCUT2D eigenvalue weighted by atomic mass is 14.9. The lowest BCUT2D eigenvalue weighted by atomic mass is 10.2. The Kier molecular flexibility index (Phi) is 4.81. The van der Waals surface area contributed by atoms with Crippen molar-refractivity contribution >= 4 is 0 Å². The minimum Gasteiger partial charge on any atom is -0.348 e. The molecule has 0 aliphatic carbocycles. The van der Waals surface area contributed by atoms with E-state index in [1.165, 1.54) is 0 Å². The van der Waals surface area contributed by atoms with E-state index in [4.69, 9.17) is 6.42 Å². The number of hydrogen-bond acceptors (Lipinski definition) is 2. The molecule has 0 fully saturated rings. The highest BCUT2D eigenvalue weighted by Gasteiger charge is 1.98. The summed E-state index contributed by atoms with van der Waals surface area (Å²) < 4.78 is 0. The molecule has 2 N–H and O–H groups in total.